The minimum atomic E-state index is 0.416. The molecular weight excluding hydrogens is 248 g/mol. The van der Waals surface area contributed by atoms with Gasteiger partial charge >= 0.3 is 0 Å². The molecule has 0 bridgehead atoms. The van der Waals surface area contributed by atoms with Crippen LogP contribution in [0.3, 0.4) is 0 Å². The summed E-state index contributed by atoms with van der Waals surface area (Å²) in [7, 11) is 3.78. The lowest BCUT2D eigenvalue weighted by Crippen LogP contribution is -2.33. The van der Waals surface area contributed by atoms with Crippen LogP contribution in [0.15, 0.2) is 24.3 Å². The van der Waals surface area contributed by atoms with E-state index in [0.29, 0.717) is 6.04 Å². The first-order valence-electron chi connectivity index (χ1n) is 7.83. The molecule has 20 heavy (non-hydrogen) atoms. The molecular formula is C17H26N2O. The molecule has 1 N–H and O–H groups in total. The number of benzene rings is 1. The van der Waals surface area contributed by atoms with Gasteiger partial charge in [-0.25, -0.2) is 0 Å². The van der Waals surface area contributed by atoms with Gasteiger partial charge in [-0.05, 0) is 49.4 Å². The van der Waals surface area contributed by atoms with Crippen molar-refractivity contribution < 1.29 is 4.74 Å². The highest BCUT2D eigenvalue weighted by Crippen LogP contribution is 2.38. The smallest absolute Gasteiger partial charge is 0.118 e. The van der Waals surface area contributed by atoms with Crippen molar-refractivity contribution in [1.29, 1.82) is 0 Å². The molecule has 1 saturated carbocycles. The van der Waals surface area contributed by atoms with E-state index < -0.39 is 0 Å². The first-order valence-corrected chi connectivity index (χ1v) is 7.83. The number of ether oxygens (including phenoxy) is 1. The highest BCUT2D eigenvalue weighted by Gasteiger charge is 2.36. The Hall–Kier alpha value is -1.06. The van der Waals surface area contributed by atoms with Crippen molar-refractivity contribution in [1.82, 2.24) is 10.2 Å². The van der Waals surface area contributed by atoms with Crippen LogP contribution in [-0.2, 0) is 0 Å². The topological polar surface area (TPSA) is 24.5 Å². The van der Waals surface area contributed by atoms with Crippen LogP contribution in [0.1, 0.15) is 30.9 Å². The fourth-order valence-corrected chi connectivity index (χ4v) is 3.94. The average Bonchev–Trinajstić information content (AvgIpc) is 3.06. The predicted molar refractivity (Wildman–Crippen MR) is 82.1 cm³/mol. The maximum absolute atomic E-state index is 5.24. The van der Waals surface area contributed by atoms with Gasteiger partial charge in [0.05, 0.1) is 7.11 Å². The normalized spacial score (nSPS) is 27.5. The molecule has 0 amide bonds. The summed E-state index contributed by atoms with van der Waals surface area (Å²) in [5.74, 6) is 2.88. The summed E-state index contributed by atoms with van der Waals surface area (Å²) in [6.45, 7) is 3.73. The molecule has 2 aliphatic rings. The summed E-state index contributed by atoms with van der Waals surface area (Å²) in [6.07, 6.45) is 4.36. The van der Waals surface area contributed by atoms with E-state index in [9.17, 15) is 0 Å². The molecule has 1 saturated heterocycles. The number of hydrogen-bond acceptors (Lipinski definition) is 3. The van der Waals surface area contributed by atoms with Crippen LogP contribution < -0.4 is 10.1 Å². The number of likely N-dealkylation sites (tertiary alicyclic amines) is 1. The molecule has 1 aromatic rings. The summed E-state index contributed by atoms with van der Waals surface area (Å²) in [4.78, 5) is 2.65. The van der Waals surface area contributed by atoms with Crippen molar-refractivity contribution in [2.24, 2.45) is 11.8 Å². The number of fused-ring (bicyclic) bond motifs is 1. The van der Waals surface area contributed by atoms with E-state index in [1.54, 1.807) is 7.11 Å². The maximum Gasteiger partial charge on any atom is 0.118 e. The molecule has 1 aromatic carbocycles. The molecule has 0 aromatic heterocycles. The van der Waals surface area contributed by atoms with Crippen LogP contribution in [0.4, 0.5) is 0 Å². The van der Waals surface area contributed by atoms with Crippen LogP contribution in [0.25, 0.3) is 0 Å². The second-order valence-corrected chi connectivity index (χ2v) is 6.28. The number of hydrogen-bond donors (Lipinski definition) is 1. The molecule has 2 fully saturated rings. The van der Waals surface area contributed by atoms with Crippen molar-refractivity contribution in [2.45, 2.75) is 25.3 Å². The van der Waals surface area contributed by atoms with E-state index in [0.717, 1.165) is 24.1 Å². The molecule has 0 spiro atoms. The van der Waals surface area contributed by atoms with Crippen LogP contribution >= 0.6 is 0 Å². The lowest BCUT2D eigenvalue weighted by Gasteiger charge is -2.24. The van der Waals surface area contributed by atoms with Crippen LogP contribution in [0.5, 0.6) is 5.75 Å². The number of nitrogens with zero attached hydrogens (tertiary/aromatic N) is 1. The zero-order valence-electron chi connectivity index (χ0n) is 12.6. The van der Waals surface area contributed by atoms with Gasteiger partial charge in [-0.1, -0.05) is 18.6 Å². The Morgan fingerprint density at radius 2 is 1.85 bits per heavy atom. The Balaban J connectivity index is 1.61. The zero-order chi connectivity index (χ0) is 13.9. The molecule has 0 radical (unpaired) electrons. The van der Waals surface area contributed by atoms with Gasteiger partial charge in [0.2, 0.25) is 0 Å². The van der Waals surface area contributed by atoms with E-state index in [1.165, 1.54) is 37.9 Å². The highest BCUT2D eigenvalue weighted by molar-refractivity contribution is 5.29. The average molecular weight is 274 g/mol. The van der Waals surface area contributed by atoms with Crippen LogP contribution in [0.2, 0.25) is 0 Å². The van der Waals surface area contributed by atoms with Crippen LogP contribution in [-0.4, -0.2) is 38.7 Å². The summed E-state index contributed by atoms with van der Waals surface area (Å²) < 4.78 is 5.24. The monoisotopic (exact) mass is 274 g/mol. The summed E-state index contributed by atoms with van der Waals surface area (Å²) in [6, 6.07) is 8.88. The van der Waals surface area contributed by atoms with Gasteiger partial charge in [0.1, 0.15) is 5.75 Å². The van der Waals surface area contributed by atoms with Gasteiger partial charge in [0, 0.05) is 25.7 Å². The quantitative estimate of drug-likeness (QED) is 0.893. The number of nitrogens with one attached hydrogen (secondary N) is 1. The van der Waals surface area contributed by atoms with Crippen molar-refractivity contribution in [3.63, 3.8) is 0 Å². The fraction of sp³-hybridized carbons (Fsp3) is 0.647. The third kappa shape index (κ3) is 2.84. The Morgan fingerprint density at radius 1 is 1.20 bits per heavy atom. The molecule has 3 unspecified atom stereocenters. The molecule has 1 aliphatic heterocycles. The maximum atomic E-state index is 5.24. The SMILES string of the molecule is CNC(CN1CC2CCCC2C1)c1ccc(OC)cc1. The summed E-state index contributed by atoms with van der Waals surface area (Å²) in [5.41, 5.74) is 1.35. The first-order chi connectivity index (χ1) is 9.80. The summed E-state index contributed by atoms with van der Waals surface area (Å²) in [5, 5.41) is 3.47. The van der Waals surface area contributed by atoms with Crippen molar-refractivity contribution in [3.05, 3.63) is 29.8 Å². The van der Waals surface area contributed by atoms with E-state index in [-0.39, 0.29) is 0 Å². The standard InChI is InChI=1S/C17H26N2O/c1-18-17(13-6-8-16(20-2)9-7-13)12-19-10-14-4-3-5-15(14)11-19/h6-9,14-15,17-18H,3-5,10-12H2,1-2H3. The highest BCUT2D eigenvalue weighted by atomic mass is 16.5. The molecule has 1 aliphatic carbocycles. The van der Waals surface area contributed by atoms with Gasteiger partial charge in [-0.15, -0.1) is 0 Å². The summed E-state index contributed by atoms with van der Waals surface area (Å²) >= 11 is 0. The van der Waals surface area contributed by atoms with E-state index in [1.807, 2.05) is 0 Å². The number of likely N-dealkylation sites (N-methyl/N-ethyl adjacent to an activating group) is 1. The van der Waals surface area contributed by atoms with Crippen molar-refractivity contribution in [2.75, 3.05) is 33.8 Å². The minimum absolute atomic E-state index is 0.416. The Morgan fingerprint density at radius 3 is 2.40 bits per heavy atom. The third-order valence-corrected chi connectivity index (χ3v) is 5.11. The Labute approximate surface area is 122 Å². The molecule has 1 heterocycles. The van der Waals surface area contributed by atoms with Crippen LogP contribution in [0, 0.1) is 11.8 Å². The second-order valence-electron chi connectivity index (χ2n) is 6.28. The molecule has 3 atom stereocenters. The largest absolute Gasteiger partial charge is 0.497 e. The van der Waals surface area contributed by atoms with E-state index in [4.69, 9.17) is 4.74 Å². The lowest BCUT2D eigenvalue weighted by atomic mass is 10.0. The number of methoxy groups -OCH3 is 1. The lowest BCUT2D eigenvalue weighted by molar-refractivity contribution is 0.278. The van der Waals surface area contributed by atoms with Crippen molar-refractivity contribution >= 4 is 0 Å². The fourth-order valence-electron chi connectivity index (χ4n) is 3.94. The van der Waals surface area contributed by atoms with Gasteiger partial charge in [-0.3, -0.25) is 0 Å². The van der Waals surface area contributed by atoms with Gasteiger partial charge in [-0.2, -0.15) is 0 Å². The Kier molecular flexibility index (Phi) is 4.27. The molecule has 3 heteroatoms. The predicted octanol–water partition coefficient (Wildman–Crippen LogP) is 2.69. The van der Waals surface area contributed by atoms with E-state index >= 15 is 0 Å². The molecule has 110 valence electrons. The van der Waals surface area contributed by atoms with Crippen molar-refractivity contribution in [3.8, 4) is 5.75 Å². The minimum Gasteiger partial charge on any atom is -0.497 e. The zero-order valence-corrected chi connectivity index (χ0v) is 12.6. The van der Waals surface area contributed by atoms with Gasteiger partial charge in [0.25, 0.3) is 0 Å². The molecule has 3 rings (SSSR count). The number of rotatable bonds is 5. The van der Waals surface area contributed by atoms with Gasteiger partial charge in [0.15, 0.2) is 0 Å². The van der Waals surface area contributed by atoms with E-state index in [2.05, 4.69) is 41.5 Å². The second kappa shape index (κ2) is 6.15. The Bertz CT molecular complexity index is 419. The van der Waals surface area contributed by atoms with Gasteiger partial charge < -0.3 is 15.0 Å². The third-order valence-electron chi connectivity index (χ3n) is 5.11. The first kappa shape index (κ1) is 13.9. The molecule has 3 nitrogen and oxygen atoms in total.